The maximum absolute atomic E-state index is 12.8. The van der Waals surface area contributed by atoms with Gasteiger partial charge < -0.3 is 19.7 Å². The molecule has 33 heavy (non-hydrogen) atoms. The Morgan fingerprint density at radius 1 is 1.18 bits per heavy atom. The molecule has 8 heteroatoms. The molecule has 8 atom stereocenters. The lowest BCUT2D eigenvalue weighted by Crippen LogP contribution is -2.79. The van der Waals surface area contributed by atoms with Crippen LogP contribution < -0.4 is 4.74 Å². The minimum atomic E-state index is -0.819. The number of phenolic OH excluding ortho intramolecular Hbond substituents is 1. The second kappa shape index (κ2) is 6.01. The fraction of sp³-hybridized carbons (Fsp3) is 0.760. The van der Waals surface area contributed by atoms with Crippen LogP contribution in [-0.4, -0.2) is 84.9 Å². The van der Waals surface area contributed by atoms with Gasteiger partial charge in [0.1, 0.15) is 17.0 Å². The Balaban J connectivity index is 1.24. The topological polar surface area (TPSA) is 65.4 Å². The Bertz CT molecular complexity index is 1080. The zero-order valence-corrected chi connectivity index (χ0v) is 20.2. The van der Waals surface area contributed by atoms with Crippen LogP contribution >= 0.6 is 23.5 Å². The molecule has 0 amide bonds. The number of likely N-dealkylation sites (tertiary alicyclic amines) is 1. The normalized spacial score (nSPS) is 51.1. The molecular weight excluding hydrogens is 456 g/mol. The van der Waals surface area contributed by atoms with Crippen molar-refractivity contribution in [3.8, 4) is 11.5 Å². The molecule has 4 saturated heterocycles. The molecular formula is C25H30N2O4S2. The Kier molecular flexibility index (Phi) is 3.56. The number of hydrogen-bond acceptors (Lipinski definition) is 8. The van der Waals surface area contributed by atoms with Crippen LogP contribution in [-0.2, 0) is 16.6 Å². The van der Waals surface area contributed by atoms with Crippen LogP contribution in [0.3, 0.4) is 0 Å². The maximum Gasteiger partial charge on any atom is 0.165 e. The lowest BCUT2D eigenvalue weighted by Gasteiger charge is -2.66. The van der Waals surface area contributed by atoms with Crippen molar-refractivity contribution in [1.82, 2.24) is 9.80 Å². The zero-order valence-electron chi connectivity index (χ0n) is 18.6. The minimum Gasteiger partial charge on any atom is -0.504 e. The number of hydrogen-bond donors (Lipinski definition) is 2. The summed E-state index contributed by atoms with van der Waals surface area (Å²) in [4.78, 5) is 5.22. The summed E-state index contributed by atoms with van der Waals surface area (Å²) >= 11 is 4.09. The second-order valence-corrected chi connectivity index (χ2v) is 14.6. The van der Waals surface area contributed by atoms with E-state index in [0.29, 0.717) is 16.5 Å². The number of ether oxygens (including phenoxy) is 2. The van der Waals surface area contributed by atoms with Gasteiger partial charge in [0.15, 0.2) is 11.5 Å². The van der Waals surface area contributed by atoms with Crippen LogP contribution in [0.25, 0.3) is 0 Å². The molecule has 9 rings (SSSR count). The number of nitrogens with zero attached hydrogens (tertiary/aromatic N) is 2. The van der Waals surface area contributed by atoms with E-state index in [2.05, 4.69) is 27.6 Å². The minimum absolute atomic E-state index is 0.0428. The smallest absolute Gasteiger partial charge is 0.165 e. The van der Waals surface area contributed by atoms with Gasteiger partial charge in [0.2, 0.25) is 0 Å². The predicted molar refractivity (Wildman–Crippen MR) is 127 cm³/mol. The first kappa shape index (κ1) is 19.5. The molecule has 1 aromatic carbocycles. The number of piperidine rings is 1. The van der Waals surface area contributed by atoms with Crippen molar-refractivity contribution < 1.29 is 19.7 Å². The largest absolute Gasteiger partial charge is 0.504 e. The fourth-order valence-electron chi connectivity index (χ4n) is 8.88. The van der Waals surface area contributed by atoms with Crippen molar-refractivity contribution in [3.05, 3.63) is 23.3 Å². The molecule has 2 saturated carbocycles. The molecule has 5 aliphatic heterocycles. The summed E-state index contributed by atoms with van der Waals surface area (Å²) in [7, 11) is 0. The van der Waals surface area contributed by atoms with Crippen molar-refractivity contribution in [3.63, 3.8) is 0 Å². The van der Waals surface area contributed by atoms with Gasteiger partial charge in [-0.15, -0.1) is 23.5 Å². The Hall–Kier alpha value is -0.640. The SMILES string of the molecule is Oc1ccc2c3c1O[C@H]1[C@]4(CC[C@@]5(O)[C@@H](C2)N(CC2CC2)CC[C@]315)S[C@H]1SC[C@H]2CO[C@@H]4N21. The van der Waals surface area contributed by atoms with Gasteiger partial charge in [-0.25, -0.2) is 4.90 Å². The standard InChI is InChI=1S/C25H30N2O4S2/c28-16-4-3-14-9-17-25(29)6-5-24(21-27-15(11-30-21)12-32-22(27)33-24)20-23(25,18(14)19(16)31-20)7-8-26(17)10-13-1-2-13/h3-4,13,15,17,20-22,28-29H,1-2,5-12H2/t15-,17-,20-,21+,22-,23+,24+,25-/m1/s1. The summed E-state index contributed by atoms with van der Waals surface area (Å²) in [6.07, 6.45) is 5.99. The van der Waals surface area contributed by atoms with Gasteiger partial charge in [-0.3, -0.25) is 4.90 Å². The lowest BCUT2D eigenvalue weighted by molar-refractivity contribution is -0.204. The van der Waals surface area contributed by atoms with Crippen molar-refractivity contribution >= 4 is 23.5 Å². The molecule has 0 unspecified atom stereocenters. The molecule has 0 radical (unpaired) electrons. The molecule has 1 aromatic rings. The van der Waals surface area contributed by atoms with Gasteiger partial charge in [-0.2, -0.15) is 0 Å². The monoisotopic (exact) mass is 486 g/mol. The molecule has 0 aromatic heterocycles. The molecule has 2 N–H and O–H groups in total. The first-order valence-corrected chi connectivity index (χ1v) is 14.6. The quantitative estimate of drug-likeness (QED) is 0.661. The third kappa shape index (κ3) is 2.07. The lowest BCUT2D eigenvalue weighted by atomic mass is 9.47. The van der Waals surface area contributed by atoms with E-state index in [0.717, 1.165) is 62.6 Å². The van der Waals surface area contributed by atoms with E-state index in [1.165, 1.54) is 18.4 Å². The van der Waals surface area contributed by atoms with Crippen molar-refractivity contribution in [2.24, 2.45) is 5.92 Å². The number of phenols is 1. The first-order chi connectivity index (χ1) is 16.1. The predicted octanol–water partition coefficient (Wildman–Crippen LogP) is 2.50. The fourth-order valence-corrected chi connectivity index (χ4v) is 12.7. The number of rotatable bonds is 2. The second-order valence-electron chi connectivity index (χ2n) is 11.7. The molecule has 6 fully saturated rings. The molecule has 6 nitrogen and oxygen atoms in total. The Morgan fingerprint density at radius 2 is 2.09 bits per heavy atom. The molecule has 5 heterocycles. The summed E-state index contributed by atoms with van der Waals surface area (Å²) in [5, 5.41) is 23.7. The van der Waals surface area contributed by atoms with Crippen LogP contribution in [0.4, 0.5) is 0 Å². The summed E-state index contributed by atoms with van der Waals surface area (Å²) in [6.45, 7) is 2.94. The van der Waals surface area contributed by atoms with Gasteiger partial charge in [0, 0.05) is 29.9 Å². The highest BCUT2D eigenvalue weighted by Gasteiger charge is 2.80. The van der Waals surface area contributed by atoms with Crippen molar-refractivity contribution in [2.45, 2.75) is 83.4 Å². The summed E-state index contributed by atoms with van der Waals surface area (Å²) in [6, 6.07) is 4.56. The Labute approximate surface area is 202 Å². The highest BCUT2D eigenvalue weighted by molar-refractivity contribution is 8.18. The van der Waals surface area contributed by atoms with E-state index < -0.39 is 11.0 Å². The molecule has 8 aliphatic rings. The zero-order chi connectivity index (χ0) is 21.7. The van der Waals surface area contributed by atoms with Gasteiger partial charge >= 0.3 is 0 Å². The molecule has 2 bridgehead atoms. The van der Waals surface area contributed by atoms with Crippen LogP contribution in [0, 0.1) is 5.92 Å². The number of aromatic hydroxyl groups is 1. The van der Waals surface area contributed by atoms with E-state index >= 15 is 0 Å². The Morgan fingerprint density at radius 3 is 2.97 bits per heavy atom. The third-order valence-corrected chi connectivity index (χ3v) is 13.7. The average molecular weight is 487 g/mol. The van der Waals surface area contributed by atoms with E-state index in [9.17, 15) is 10.2 Å². The van der Waals surface area contributed by atoms with E-state index in [-0.39, 0.29) is 28.9 Å². The number of benzene rings is 1. The number of aliphatic hydroxyl groups is 1. The van der Waals surface area contributed by atoms with Crippen molar-refractivity contribution in [1.29, 1.82) is 0 Å². The average Bonchev–Trinajstić information content (AvgIpc) is 3.14. The van der Waals surface area contributed by atoms with Gasteiger partial charge in [-0.05, 0) is 62.6 Å². The highest BCUT2D eigenvalue weighted by atomic mass is 32.2. The van der Waals surface area contributed by atoms with Gasteiger partial charge in [0.25, 0.3) is 0 Å². The van der Waals surface area contributed by atoms with Gasteiger partial charge in [0.05, 0.1) is 22.4 Å². The summed E-state index contributed by atoms with van der Waals surface area (Å²) in [5.74, 6) is 2.84. The highest BCUT2D eigenvalue weighted by Crippen LogP contribution is 2.72. The third-order valence-electron chi connectivity index (χ3n) is 10.4. The van der Waals surface area contributed by atoms with E-state index in [1.54, 1.807) is 0 Å². The maximum atomic E-state index is 12.8. The van der Waals surface area contributed by atoms with E-state index in [4.69, 9.17) is 9.47 Å². The van der Waals surface area contributed by atoms with Crippen molar-refractivity contribution in [2.75, 3.05) is 25.4 Å². The molecule has 176 valence electrons. The van der Waals surface area contributed by atoms with Crippen LogP contribution in [0.1, 0.15) is 43.2 Å². The van der Waals surface area contributed by atoms with Crippen LogP contribution in [0.2, 0.25) is 0 Å². The van der Waals surface area contributed by atoms with Crippen LogP contribution in [0.5, 0.6) is 11.5 Å². The summed E-state index contributed by atoms with van der Waals surface area (Å²) in [5.41, 5.74) is 1.13. The van der Waals surface area contributed by atoms with Gasteiger partial charge in [-0.1, -0.05) is 6.07 Å². The summed E-state index contributed by atoms with van der Waals surface area (Å²) < 4.78 is 13.6. The number of fused-ring (bicyclic) bond motifs is 2. The number of thioether (sulfide) groups is 2. The van der Waals surface area contributed by atoms with Crippen LogP contribution in [0.15, 0.2) is 12.1 Å². The first-order valence-electron chi connectivity index (χ1n) is 12.7. The molecule has 2 spiro atoms. The van der Waals surface area contributed by atoms with E-state index in [1.807, 2.05) is 17.8 Å². The molecule has 3 aliphatic carbocycles.